The molecule has 2 aromatic rings. The lowest BCUT2D eigenvalue weighted by molar-refractivity contribution is 0.0594. The molecule has 0 bridgehead atoms. The molecule has 0 aliphatic heterocycles. The molecule has 0 saturated heterocycles. The second kappa shape index (κ2) is 9.91. The summed E-state index contributed by atoms with van der Waals surface area (Å²) in [6, 6.07) is 7.59. The molecule has 37 heavy (non-hydrogen) atoms. The van der Waals surface area contributed by atoms with Gasteiger partial charge in [0.05, 0.1) is 43.1 Å². The zero-order chi connectivity index (χ0) is 27.3. The number of methoxy groups -OCH3 is 2. The van der Waals surface area contributed by atoms with Gasteiger partial charge in [-0.2, -0.15) is 0 Å². The summed E-state index contributed by atoms with van der Waals surface area (Å²) < 4.78 is 23.8. The molecule has 0 spiro atoms. The number of carbonyl (C=O) groups excluding carboxylic acids is 2. The molecule has 0 amide bonds. The number of Topliss-reactive ketones (excluding diaryl/α,β-unsaturated/α-hetero) is 2. The van der Waals surface area contributed by atoms with Crippen molar-refractivity contribution in [3.8, 4) is 11.5 Å². The molecule has 2 aliphatic rings. The zero-order valence-electron chi connectivity index (χ0n) is 23.3. The Labute approximate surface area is 226 Å². The van der Waals surface area contributed by atoms with Gasteiger partial charge in [-0.1, -0.05) is 31.2 Å². The van der Waals surface area contributed by atoms with Crippen LogP contribution in [0.15, 0.2) is 36.1 Å². The number of allylic oxidation sites excluding steroid dienone is 1. The van der Waals surface area contributed by atoms with Gasteiger partial charge in [0.25, 0.3) is 0 Å². The Morgan fingerprint density at radius 3 is 1.97 bits per heavy atom. The van der Waals surface area contributed by atoms with Crippen molar-refractivity contribution >= 4 is 50.7 Å². The van der Waals surface area contributed by atoms with Gasteiger partial charge in [0.1, 0.15) is 16.2 Å². The third kappa shape index (κ3) is 4.79. The van der Waals surface area contributed by atoms with Crippen LogP contribution < -0.4 is 9.47 Å². The van der Waals surface area contributed by atoms with Gasteiger partial charge in [-0.15, -0.1) is 11.8 Å². The van der Waals surface area contributed by atoms with Crippen LogP contribution in [-0.4, -0.2) is 59.0 Å². The summed E-state index contributed by atoms with van der Waals surface area (Å²) in [7, 11) is -1.01. The Morgan fingerprint density at radius 2 is 1.49 bits per heavy atom. The van der Waals surface area contributed by atoms with Gasteiger partial charge in [0, 0.05) is 17.2 Å². The number of benzene rings is 2. The summed E-state index contributed by atoms with van der Waals surface area (Å²) in [5.41, 5.74) is 0.605. The van der Waals surface area contributed by atoms with E-state index in [9.17, 15) is 9.59 Å². The highest BCUT2D eigenvalue weighted by Crippen LogP contribution is 2.56. The highest BCUT2D eigenvalue weighted by molar-refractivity contribution is 8.01. The van der Waals surface area contributed by atoms with Crippen LogP contribution in [0.1, 0.15) is 34.1 Å². The minimum absolute atomic E-state index is 0.120. The van der Waals surface area contributed by atoms with Crippen molar-refractivity contribution in [1.82, 2.24) is 0 Å². The maximum atomic E-state index is 14.9. The van der Waals surface area contributed by atoms with E-state index in [0.29, 0.717) is 34.8 Å². The fourth-order valence-electron chi connectivity index (χ4n) is 5.57. The maximum absolute atomic E-state index is 14.9. The van der Waals surface area contributed by atoms with E-state index in [1.165, 1.54) is 11.8 Å². The molecule has 2 aliphatic carbocycles. The number of ketones is 2. The lowest BCUT2D eigenvalue weighted by Gasteiger charge is -2.50. The predicted octanol–water partition coefficient (Wildman–Crippen LogP) is 6.70. The molecule has 4 rings (SSSR count). The average Bonchev–Trinajstić information content (AvgIpc) is 2.80. The smallest absolute Gasteiger partial charge is 0.241 e. The molecule has 2 aromatic carbocycles. The van der Waals surface area contributed by atoms with Crippen LogP contribution in [0, 0.1) is 5.92 Å². The van der Waals surface area contributed by atoms with E-state index in [4.69, 9.17) is 18.3 Å². The van der Waals surface area contributed by atoms with Gasteiger partial charge < -0.3 is 18.3 Å². The molecular weight excluding hydrogens is 521 g/mol. The van der Waals surface area contributed by atoms with Gasteiger partial charge in [-0.05, 0) is 51.1 Å². The Bertz CT molecular complexity index is 1280. The molecule has 0 radical (unpaired) electrons. The third-order valence-electron chi connectivity index (χ3n) is 6.66. The van der Waals surface area contributed by atoms with Gasteiger partial charge in [0.15, 0.2) is 19.9 Å². The normalized spacial score (nSPS) is 23.9. The fourth-order valence-corrected chi connectivity index (χ4v) is 8.99. The number of carbonyl (C=O) groups is 2. The number of ether oxygens (including phenoxy) is 2. The van der Waals surface area contributed by atoms with Gasteiger partial charge in [-0.3, -0.25) is 9.59 Å². The Kier molecular flexibility index (Phi) is 7.48. The first-order valence-electron chi connectivity index (χ1n) is 12.8. The van der Waals surface area contributed by atoms with Crippen molar-refractivity contribution in [2.75, 3.05) is 20.0 Å². The first-order valence-corrected chi connectivity index (χ1v) is 20.6. The van der Waals surface area contributed by atoms with E-state index in [-0.39, 0.29) is 11.6 Å². The second-order valence-corrected chi connectivity index (χ2v) is 22.0. The Balaban J connectivity index is 2.07. The predicted molar refractivity (Wildman–Crippen MR) is 155 cm³/mol. The molecule has 9 heteroatoms. The summed E-state index contributed by atoms with van der Waals surface area (Å²) in [5.74, 6) is 1.34. The van der Waals surface area contributed by atoms with Crippen LogP contribution in [-0.2, 0) is 8.85 Å². The quantitative estimate of drug-likeness (QED) is 0.334. The summed E-state index contributed by atoms with van der Waals surface area (Å²) in [4.78, 5) is 29.4. The number of thioether (sulfide) groups is 1. The van der Waals surface area contributed by atoms with E-state index in [1.54, 1.807) is 14.2 Å². The van der Waals surface area contributed by atoms with Crippen molar-refractivity contribution in [1.29, 1.82) is 0 Å². The van der Waals surface area contributed by atoms with Crippen molar-refractivity contribution in [3.05, 3.63) is 47.2 Å². The number of hydrogen-bond acceptors (Lipinski definition) is 7. The van der Waals surface area contributed by atoms with Crippen LogP contribution in [0.2, 0.25) is 39.3 Å². The van der Waals surface area contributed by atoms with Crippen LogP contribution in [0.3, 0.4) is 0 Å². The fraction of sp³-hybridized carbons (Fsp3) is 0.500. The highest BCUT2D eigenvalue weighted by atomic mass is 32.2. The summed E-state index contributed by atoms with van der Waals surface area (Å²) in [5, 5.41) is 1.49. The minimum Gasteiger partial charge on any atom is -0.547 e. The molecule has 6 nitrogen and oxygen atoms in total. The molecule has 3 atom stereocenters. The molecule has 0 saturated carbocycles. The molecule has 0 aromatic heterocycles. The van der Waals surface area contributed by atoms with Crippen molar-refractivity contribution < 1.29 is 27.9 Å². The van der Waals surface area contributed by atoms with E-state index in [2.05, 4.69) is 39.3 Å². The first kappa shape index (κ1) is 27.9. The van der Waals surface area contributed by atoms with Crippen LogP contribution in [0.5, 0.6) is 11.5 Å². The summed E-state index contributed by atoms with van der Waals surface area (Å²) in [6.45, 7) is 14.7. The molecule has 200 valence electrons. The SMILES string of the molecule is CCS[C@@]12C(=O)c3c(c(OC)c4ccccc4c3OC)C(=O)[C@@H]1CC(O[Si](C)(C)C)=C[C@@H]2O[Si](C)(C)C. The van der Waals surface area contributed by atoms with Gasteiger partial charge >= 0.3 is 0 Å². The van der Waals surface area contributed by atoms with Gasteiger partial charge in [0.2, 0.25) is 8.32 Å². The van der Waals surface area contributed by atoms with E-state index in [1.807, 2.05) is 37.3 Å². The van der Waals surface area contributed by atoms with E-state index >= 15 is 0 Å². The lowest BCUT2D eigenvalue weighted by atomic mass is 9.66. The van der Waals surface area contributed by atoms with E-state index in [0.717, 1.165) is 16.5 Å². The Morgan fingerprint density at radius 1 is 0.919 bits per heavy atom. The highest BCUT2D eigenvalue weighted by Gasteiger charge is 2.62. The van der Waals surface area contributed by atoms with Crippen LogP contribution in [0.25, 0.3) is 10.8 Å². The summed E-state index contributed by atoms with van der Waals surface area (Å²) in [6.07, 6.45) is 1.74. The zero-order valence-corrected chi connectivity index (χ0v) is 26.1. The van der Waals surface area contributed by atoms with Crippen molar-refractivity contribution in [3.63, 3.8) is 0 Å². The number of fused-ring (bicyclic) bond motifs is 3. The number of hydrogen-bond donors (Lipinski definition) is 0. The van der Waals surface area contributed by atoms with Gasteiger partial charge in [-0.25, -0.2) is 0 Å². The molecule has 0 unspecified atom stereocenters. The lowest BCUT2D eigenvalue weighted by Crippen LogP contribution is -2.62. The molecule has 0 N–H and O–H groups in total. The monoisotopic (exact) mass is 558 g/mol. The van der Waals surface area contributed by atoms with Crippen molar-refractivity contribution in [2.24, 2.45) is 5.92 Å². The molecular formula is C28H38O6SSi2. The van der Waals surface area contributed by atoms with Crippen LogP contribution >= 0.6 is 11.8 Å². The first-order chi connectivity index (χ1) is 17.3. The Hall–Kier alpha value is -2.08. The molecule has 0 fully saturated rings. The standard InChI is InChI=1S/C28H38O6SSi2/c1-10-35-28-20(15-17(33-36(4,5)6)16-21(28)34-37(7,8)9)24(29)22-23(27(28)30)26(32-3)19-14-12-11-13-18(19)25(22)31-2/h11-14,16,20-21H,10,15H2,1-9H3/t20-,21-,28-/m0/s1. The molecule has 0 heterocycles. The third-order valence-corrected chi connectivity index (χ3v) is 9.96. The summed E-state index contributed by atoms with van der Waals surface area (Å²) >= 11 is 1.51. The largest absolute Gasteiger partial charge is 0.547 e. The van der Waals surface area contributed by atoms with Crippen molar-refractivity contribution in [2.45, 2.75) is 63.5 Å². The average molecular weight is 559 g/mol. The maximum Gasteiger partial charge on any atom is 0.241 e. The van der Waals surface area contributed by atoms with Crippen LogP contribution in [0.4, 0.5) is 0 Å². The topological polar surface area (TPSA) is 71.1 Å². The number of rotatable bonds is 8. The second-order valence-electron chi connectivity index (χ2n) is 11.5. The van der Waals surface area contributed by atoms with E-state index < -0.39 is 33.4 Å². The minimum atomic E-state index is -2.13.